The lowest BCUT2D eigenvalue weighted by Crippen LogP contribution is -2.52. The number of methoxy groups -OCH3 is 1. The maximum atomic E-state index is 6.35. The molecule has 1 fully saturated rings. The molecule has 17 heavy (non-hydrogen) atoms. The van der Waals surface area contributed by atoms with E-state index in [1.165, 1.54) is 19.3 Å². The molecule has 1 aromatic rings. The Bertz CT molecular complexity index is 357. The van der Waals surface area contributed by atoms with Crippen molar-refractivity contribution < 1.29 is 4.74 Å². The van der Waals surface area contributed by atoms with Crippen LogP contribution in [0.3, 0.4) is 0 Å². The molecule has 5 nitrogen and oxygen atoms in total. The number of rotatable bonds is 4. The molecule has 1 unspecified atom stereocenters. The molecule has 2 rings (SSSR count). The maximum Gasteiger partial charge on any atom is 0.138 e. The average molecular weight is 238 g/mol. The summed E-state index contributed by atoms with van der Waals surface area (Å²) in [6.45, 7) is 0. The summed E-state index contributed by atoms with van der Waals surface area (Å²) >= 11 is 0. The zero-order valence-corrected chi connectivity index (χ0v) is 10.7. The van der Waals surface area contributed by atoms with Gasteiger partial charge in [0.25, 0.3) is 0 Å². The third kappa shape index (κ3) is 2.50. The topological polar surface area (TPSA) is 66.0 Å². The number of aryl methyl sites for hydroxylation is 1. The molecule has 0 aromatic carbocycles. The number of aromatic nitrogens is 3. The first-order chi connectivity index (χ1) is 8.18. The Morgan fingerprint density at radius 2 is 2.18 bits per heavy atom. The van der Waals surface area contributed by atoms with E-state index >= 15 is 0 Å². The zero-order valence-electron chi connectivity index (χ0n) is 10.7. The predicted octanol–water partition coefficient (Wildman–Crippen LogP) is 1.03. The van der Waals surface area contributed by atoms with Crippen LogP contribution in [-0.4, -0.2) is 33.5 Å². The van der Waals surface area contributed by atoms with E-state index in [4.69, 9.17) is 10.5 Å². The predicted molar refractivity (Wildman–Crippen MR) is 65.5 cm³/mol. The summed E-state index contributed by atoms with van der Waals surface area (Å²) in [6.07, 6.45) is 8.13. The number of hydrogen-bond donors (Lipinski definition) is 1. The lowest BCUT2D eigenvalue weighted by molar-refractivity contribution is -0.0587. The molecule has 0 saturated heterocycles. The van der Waals surface area contributed by atoms with Crippen molar-refractivity contribution >= 4 is 0 Å². The molecule has 5 heteroatoms. The monoisotopic (exact) mass is 238 g/mol. The summed E-state index contributed by atoms with van der Waals surface area (Å²) in [5, 5.41) is 4.07. The van der Waals surface area contributed by atoms with Gasteiger partial charge in [0.2, 0.25) is 0 Å². The first-order valence-corrected chi connectivity index (χ1v) is 6.31. The number of hydrogen-bond acceptors (Lipinski definition) is 4. The molecule has 0 aliphatic heterocycles. The van der Waals surface area contributed by atoms with Gasteiger partial charge in [-0.3, -0.25) is 4.68 Å². The molecule has 1 aliphatic carbocycles. The Labute approximate surface area is 102 Å². The molecular formula is C12H22N4O. The minimum absolute atomic E-state index is 0.00398. The number of ether oxygens (including phenoxy) is 1. The van der Waals surface area contributed by atoms with Crippen LogP contribution in [-0.2, 0) is 18.2 Å². The van der Waals surface area contributed by atoms with Crippen molar-refractivity contribution in [3.63, 3.8) is 0 Å². The Morgan fingerprint density at radius 1 is 1.47 bits per heavy atom. The molecule has 2 N–H and O–H groups in total. The van der Waals surface area contributed by atoms with E-state index in [0.29, 0.717) is 0 Å². The Balaban J connectivity index is 2.07. The van der Waals surface area contributed by atoms with Crippen molar-refractivity contribution in [3.8, 4) is 0 Å². The van der Waals surface area contributed by atoms with Gasteiger partial charge in [-0.2, -0.15) is 5.10 Å². The van der Waals surface area contributed by atoms with Crippen molar-refractivity contribution in [3.05, 3.63) is 12.2 Å². The van der Waals surface area contributed by atoms with Crippen LogP contribution in [0.2, 0.25) is 0 Å². The minimum atomic E-state index is -0.162. The van der Waals surface area contributed by atoms with Crippen LogP contribution in [0, 0.1) is 0 Å². The summed E-state index contributed by atoms with van der Waals surface area (Å²) in [4.78, 5) is 4.23. The van der Waals surface area contributed by atoms with Crippen molar-refractivity contribution in [2.75, 3.05) is 7.11 Å². The lowest BCUT2D eigenvalue weighted by Gasteiger charge is -2.40. The van der Waals surface area contributed by atoms with Crippen molar-refractivity contribution in [2.24, 2.45) is 12.8 Å². The molecule has 1 heterocycles. The third-order valence-corrected chi connectivity index (χ3v) is 3.99. The smallest absolute Gasteiger partial charge is 0.138 e. The van der Waals surface area contributed by atoms with Gasteiger partial charge in [0.05, 0.1) is 5.60 Å². The third-order valence-electron chi connectivity index (χ3n) is 3.99. The van der Waals surface area contributed by atoms with Gasteiger partial charge in [-0.1, -0.05) is 19.3 Å². The second-order valence-electron chi connectivity index (χ2n) is 4.94. The highest BCUT2D eigenvalue weighted by molar-refractivity contribution is 4.99. The summed E-state index contributed by atoms with van der Waals surface area (Å²) < 4.78 is 7.53. The molecule has 96 valence electrons. The average Bonchev–Trinajstić information content (AvgIpc) is 2.76. The van der Waals surface area contributed by atoms with Gasteiger partial charge < -0.3 is 10.5 Å². The normalized spacial score (nSPS) is 21.4. The second-order valence-corrected chi connectivity index (χ2v) is 4.94. The van der Waals surface area contributed by atoms with E-state index in [-0.39, 0.29) is 11.6 Å². The lowest BCUT2D eigenvalue weighted by atomic mass is 9.78. The van der Waals surface area contributed by atoms with E-state index in [2.05, 4.69) is 10.1 Å². The molecule has 0 amide bonds. The van der Waals surface area contributed by atoms with Crippen LogP contribution in [0.1, 0.15) is 37.9 Å². The van der Waals surface area contributed by atoms with Crippen LogP contribution in [0.25, 0.3) is 0 Å². The van der Waals surface area contributed by atoms with E-state index in [1.54, 1.807) is 18.1 Å². The van der Waals surface area contributed by atoms with Gasteiger partial charge >= 0.3 is 0 Å². The molecule has 1 aliphatic rings. The SMILES string of the molecule is COC1(C(N)Cc2ncnn2C)CCCCC1. The highest BCUT2D eigenvalue weighted by Crippen LogP contribution is 2.34. The Hall–Kier alpha value is -0.940. The first kappa shape index (κ1) is 12.5. The maximum absolute atomic E-state index is 6.35. The van der Waals surface area contributed by atoms with Crippen LogP contribution >= 0.6 is 0 Å². The van der Waals surface area contributed by atoms with Crippen molar-refractivity contribution in [1.29, 1.82) is 0 Å². The molecule has 0 spiro atoms. The van der Waals surface area contributed by atoms with Crippen LogP contribution in [0.15, 0.2) is 6.33 Å². The van der Waals surface area contributed by atoms with Crippen molar-refractivity contribution in [1.82, 2.24) is 14.8 Å². The van der Waals surface area contributed by atoms with Gasteiger partial charge in [-0.25, -0.2) is 4.98 Å². The fourth-order valence-electron chi connectivity index (χ4n) is 2.76. The summed E-state index contributed by atoms with van der Waals surface area (Å²) in [7, 11) is 3.68. The standard InChI is InChI=1S/C12H22N4O/c1-16-11(14-9-15-16)8-10(13)12(17-2)6-4-3-5-7-12/h9-10H,3-8,13H2,1-2H3. The fraction of sp³-hybridized carbons (Fsp3) is 0.833. The first-order valence-electron chi connectivity index (χ1n) is 6.31. The van der Waals surface area contributed by atoms with Gasteiger partial charge in [-0.05, 0) is 12.8 Å². The zero-order chi connectivity index (χ0) is 12.3. The summed E-state index contributed by atoms with van der Waals surface area (Å²) in [6, 6.07) is -0.00398. The highest BCUT2D eigenvalue weighted by Gasteiger charge is 2.38. The van der Waals surface area contributed by atoms with Gasteiger partial charge in [0.15, 0.2) is 0 Å². The van der Waals surface area contributed by atoms with Crippen LogP contribution in [0.4, 0.5) is 0 Å². The molecule has 1 saturated carbocycles. The molecule has 1 aromatic heterocycles. The minimum Gasteiger partial charge on any atom is -0.377 e. The second kappa shape index (κ2) is 5.14. The molecular weight excluding hydrogens is 216 g/mol. The number of nitrogens with two attached hydrogens (primary N) is 1. The van der Waals surface area contributed by atoms with E-state index < -0.39 is 0 Å². The largest absolute Gasteiger partial charge is 0.377 e. The number of nitrogens with zero attached hydrogens (tertiary/aromatic N) is 3. The molecule has 1 atom stereocenters. The summed E-state index contributed by atoms with van der Waals surface area (Å²) in [5.74, 6) is 0.930. The van der Waals surface area contributed by atoms with E-state index in [1.807, 2.05) is 7.05 Å². The van der Waals surface area contributed by atoms with Gasteiger partial charge in [0, 0.05) is 26.6 Å². The quantitative estimate of drug-likeness (QED) is 0.851. The van der Waals surface area contributed by atoms with Crippen molar-refractivity contribution in [2.45, 2.75) is 50.2 Å². The molecule has 0 radical (unpaired) electrons. The summed E-state index contributed by atoms with van der Waals surface area (Å²) in [5.41, 5.74) is 6.19. The van der Waals surface area contributed by atoms with E-state index in [9.17, 15) is 0 Å². The van der Waals surface area contributed by atoms with E-state index in [0.717, 1.165) is 25.1 Å². The Kier molecular flexibility index (Phi) is 3.79. The van der Waals surface area contributed by atoms with Gasteiger partial charge in [0.1, 0.15) is 12.2 Å². The fourth-order valence-corrected chi connectivity index (χ4v) is 2.76. The Morgan fingerprint density at radius 3 is 2.71 bits per heavy atom. The molecule has 0 bridgehead atoms. The van der Waals surface area contributed by atoms with Gasteiger partial charge in [-0.15, -0.1) is 0 Å². The van der Waals surface area contributed by atoms with Crippen LogP contribution in [0.5, 0.6) is 0 Å². The van der Waals surface area contributed by atoms with Crippen LogP contribution < -0.4 is 5.73 Å². The highest BCUT2D eigenvalue weighted by atomic mass is 16.5.